The first kappa shape index (κ1) is 11.8. The van der Waals surface area contributed by atoms with E-state index in [4.69, 9.17) is 0 Å². The Morgan fingerprint density at radius 3 is 2.43 bits per heavy atom. The number of unbranched alkanes of at least 4 members (excludes halogenated alkanes) is 5. The fourth-order valence-electron chi connectivity index (χ4n) is 1.77. The Kier molecular flexibility index (Phi) is 5.93. The Morgan fingerprint density at radius 2 is 1.79 bits per heavy atom. The van der Waals surface area contributed by atoms with Crippen LogP contribution in [-0.4, -0.2) is 0 Å². The lowest BCUT2D eigenvalue weighted by Crippen LogP contribution is -1.85. The van der Waals surface area contributed by atoms with E-state index in [0.29, 0.717) is 0 Å². The highest BCUT2D eigenvalue weighted by Gasteiger charge is 1.98. The second kappa shape index (κ2) is 7.05. The minimum absolute atomic E-state index is 1.29. The Bertz CT molecular complexity index is 237. The van der Waals surface area contributed by atoms with Gasteiger partial charge in [-0.1, -0.05) is 39.0 Å². The number of hydrogen-bond acceptors (Lipinski definition) is 1. The monoisotopic (exact) mass is 210 g/mol. The molecule has 0 radical (unpaired) electrons. The second-order valence-electron chi connectivity index (χ2n) is 4.02. The molecule has 1 rings (SSSR count). The van der Waals surface area contributed by atoms with Crippen molar-refractivity contribution in [3.05, 3.63) is 21.9 Å². The quantitative estimate of drug-likeness (QED) is 0.558. The van der Waals surface area contributed by atoms with Gasteiger partial charge in [0.2, 0.25) is 0 Å². The van der Waals surface area contributed by atoms with E-state index >= 15 is 0 Å². The van der Waals surface area contributed by atoms with Crippen molar-refractivity contribution in [2.24, 2.45) is 0 Å². The predicted octanol–water partition coefficient (Wildman–Crippen LogP) is 4.96. The molecule has 1 aromatic rings. The van der Waals surface area contributed by atoms with Crippen molar-refractivity contribution in [3.63, 3.8) is 0 Å². The third-order valence-corrected chi connectivity index (χ3v) is 3.65. The van der Waals surface area contributed by atoms with Gasteiger partial charge in [0.1, 0.15) is 0 Å². The van der Waals surface area contributed by atoms with Crippen LogP contribution in [0.5, 0.6) is 0 Å². The van der Waals surface area contributed by atoms with Gasteiger partial charge >= 0.3 is 0 Å². The molecular weight excluding hydrogens is 188 g/mol. The number of aryl methyl sites for hydroxylation is 2. The first-order valence-corrected chi connectivity index (χ1v) is 6.75. The molecule has 0 nitrogen and oxygen atoms in total. The smallest absolute Gasteiger partial charge is 0.00461 e. The van der Waals surface area contributed by atoms with Gasteiger partial charge in [0, 0.05) is 4.88 Å². The maximum atomic E-state index is 2.28. The molecule has 0 saturated carbocycles. The molecule has 0 atom stereocenters. The zero-order valence-electron chi connectivity index (χ0n) is 9.51. The van der Waals surface area contributed by atoms with E-state index in [1.165, 1.54) is 49.8 Å². The largest absolute Gasteiger partial charge is 0.149 e. The van der Waals surface area contributed by atoms with Gasteiger partial charge in [-0.2, -0.15) is 0 Å². The number of thiophene rings is 1. The molecule has 0 unspecified atom stereocenters. The molecule has 0 fully saturated rings. The fraction of sp³-hybridized carbons (Fsp3) is 0.692. The van der Waals surface area contributed by atoms with Crippen molar-refractivity contribution in [3.8, 4) is 0 Å². The molecule has 0 aliphatic carbocycles. The molecule has 0 saturated heterocycles. The minimum atomic E-state index is 1.29. The van der Waals surface area contributed by atoms with Crippen LogP contribution in [0, 0.1) is 6.92 Å². The molecule has 0 spiro atoms. The van der Waals surface area contributed by atoms with Crippen LogP contribution in [0.3, 0.4) is 0 Å². The Hall–Kier alpha value is -0.300. The summed E-state index contributed by atoms with van der Waals surface area (Å²) in [5.41, 5.74) is 1.57. The van der Waals surface area contributed by atoms with Crippen LogP contribution in [0.25, 0.3) is 0 Å². The van der Waals surface area contributed by atoms with Gasteiger partial charge in [-0.3, -0.25) is 0 Å². The number of rotatable bonds is 7. The lowest BCUT2D eigenvalue weighted by Gasteiger charge is -2.00. The summed E-state index contributed by atoms with van der Waals surface area (Å²) < 4.78 is 0. The van der Waals surface area contributed by atoms with Crippen LogP contribution in [0.15, 0.2) is 11.4 Å². The molecule has 0 N–H and O–H groups in total. The first-order valence-electron chi connectivity index (χ1n) is 5.87. The van der Waals surface area contributed by atoms with Gasteiger partial charge in [0.25, 0.3) is 0 Å². The van der Waals surface area contributed by atoms with Gasteiger partial charge in [0.05, 0.1) is 0 Å². The highest BCUT2D eigenvalue weighted by Crippen LogP contribution is 2.18. The standard InChI is InChI=1S/C13H22S/c1-3-4-5-6-7-8-9-13-10-11-14-12(13)2/h10-11H,3-9H2,1-2H3. The van der Waals surface area contributed by atoms with Gasteiger partial charge in [-0.15, -0.1) is 11.3 Å². The third kappa shape index (κ3) is 4.28. The van der Waals surface area contributed by atoms with Crippen LogP contribution < -0.4 is 0 Å². The molecule has 0 aromatic carbocycles. The summed E-state index contributed by atoms with van der Waals surface area (Å²) in [7, 11) is 0. The van der Waals surface area contributed by atoms with Crippen LogP contribution in [0.4, 0.5) is 0 Å². The summed E-state index contributed by atoms with van der Waals surface area (Å²) in [6.45, 7) is 4.51. The highest BCUT2D eigenvalue weighted by molar-refractivity contribution is 7.10. The topological polar surface area (TPSA) is 0 Å². The van der Waals surface area contributed by atoms with Crippen molar-refractivity contribution in [1.82, 2.24) is 0 Å². The van der Waals surface area contributed by atoms with Crippen molar-refractivity contribution >= 4 is 11.3 Å². The van der Waals surface area contributed by atoms with Crippen LogP contribution in [0.2, 0.25) is 0 Å². The molecule has 14 heavy (non-hydrogen) atoms. The predicted molar refractivity (Wildman–Crippen MR) is 66.1 cm³/mol. The molecule has 0 aliphatic heterocycles. The molecular formula is C13H22S. The lowest BCUT2D eigenvalue weighted by atomic mass is 10.1. The van der Waals surface area contributed by atoms with Crippen molar-refractivity contribution in [2.75, 3.05) is 0 Å². The molecule has 80 valence electrons. The van der Waals surface area contributed by atoms with E-state index in [0.717, 1.165) is 0 Å². The Labute approximate surface area is 92.4 Å². The normalized spacial score (nSPS) is 10.7. The molecule has 1 aromatic heterocycles. The SMILES string of the molecule is CCCCCCCCc1ccsc1C. The average molecular weight is 210 g/mol. The maximum Gasteiger partial charge on any atom is 0.00461 e. The maximum absolute atomic E-state index is 2.28. The van der Waals surface area contributed by atoms with Crippen molar-refractivity contribution in [1.29, 1.82) is 0 Å². The van der Waals surface area contributed by atoms with Crippen LogP contribution in [-0.2, 0) is 6.42 Å². The minimum Gasteiger partial charge on any atom is -0.149 e. The zero-order valence-corrected chi connectivity index (χ0v) is 10.3. The highest BCUT2D eigenvalue weighted by atomic mass is 32.1. The van der Waals surface area contributed by atoms with Gasteiger partial charge in [-0.25, -0.2) is 0 Å². The second-order valence-corrected chi connectivity index (χ2v) is 5.14. The molecule has 0 aliphatic rings. The average Bonchev–Trinajstić information content (AvgIpc) is 2.58. The summed E-state index contributed by atoms with van der Waals surface area (Å²) in [6.07, 6.45) is 9.70. The first-order chi connectivity index (χ1) is 6.84. The zero-order chi connectivity index (χ0) is 10.2. The summed E-state index contributed by atoms with van der Waals surface area (Å²) >= 11 is 1.88. The van der Waals surface area contributed by atoms with E-state index in [1.807, 2.05) is 11.3 Å². The summed E-state index contributed by atoms with van der Waals surface area (Å²) in [5.74, 6) is 0. The lowest BCUT2D eigenvalue weighted by molar-refractivity contribution is 0.607. The third-order valence-electron chi connectivity index (χ3n) is 2.77. The van der Waals surface area contributed by atoms with Gasteiger partial charge in [0.15, 0.2) is 0 Å². The van der Waals surface area contributed by atoms with Crippen molar-refractivity contribution in [2.45, 2.75) is 58.8 Å². The van der Waals surface area contributed by atoms with Crippen LogP contribution >= 0.6 is 11.3 Å². The van der Waals surface area contributed by atoms with E-state index in [2.05, 4.69) is 25.3 Å². The molecule has 1 heteroatoms. The van der Waals surface area contributed by atoms with Gasteiger partial charge in [-0.05, 0) is 36.8 Å². The number of hydrogen-bond donors (Lipinski definition) is 0. The molecule has 0 amide bonds. The van der Waals surface area contributed by atoms with E-state index in [9.17, 15) is 0 Å². The van der Waals surface area contributed by atoms with E-state index in [-0.39, 0.29) is 0 Å². The van der Waals surface area contributed by atoms with Crippen molar-refractivity contribution < 1.29 is 0 Å². The Balaban J connectivity index is 2.02. The molecule has 0 bridgehead atoms. The van der Waals surface area contributed by atoms with E-state index < -0.39 is 0 Å². The van der Waals surface area contributed by atoms with E-state index in [1.54, 1.807) is 5.56 Å². The van der Waals surface area contributed by atoms with Gasteiger partial charge < -0.3 is 0 Å². The molecule has 1 heterocycles. The summed E-state index contributed by atoms with van der Waals surface area (Å²) in [5, 5.41) is 2.21. The summed E-state index contributed by atoms with van der Waals surface area (Å²) in [6, 6.07) is 2.28. The summed E-state index contributed by atoms with van der Waals surface area (Å²) in [4.78, 5) is 1.51. The van der Waals surface area contributed by atoms with Crippen LogP contribution in [0.1, 0.15) is 55.9 Å². The Morgan fingerprint density at radius 1 is 1.07 bits per heavy atom. The fourth-order valence-corrected chi connectivity index (χ4v) is 2.52.